The Hall–Kier alpha value is -3.23. The van der Waals surface area contributed by atoms with Crippen molar-refractivity contribution in [3.8, 4) is 0 Å². The van der Waals surface area contributed by atoms with Crippen molar-refractivity contribution in [1.82, 2.24) is 0 Å². The van der Waals surface area contributed by atoms with E-state index in [4.69, 9.17) is 4.99 Å². The molecule has 1 unspecified atom stereocenters. The van der Waals surface area contributed by atoms with Crippen LogP contribution in [0.3, 0.4) is 0 Å². The van der Waals surface area contributed by atoms with E-state index in [1.165, 1.54) is 61.4 Å². The molecule has 168 valence electrons. The number of fused-ring (bicyclic) bond motifs is 4. The van der Waals surface area contributed by atoms with Gasteiger partial charge in [0.2, 0.25) is 0 Å². The molecular weight excluding hydrogens is 426 g/mol. The highest BCUT2D eigenvalue weighted by Crippen LogP contribution is 2.49. The Morgan fingerprint density at radius 3 is 2.24 bits per heavy atom. The van der Waals surface area contributed by atoms with Crippen LogP contribution in [0, 0.1) is 6.92 Å². The summed E-state index contributed by atoms with van der Waals surface area (Å²) in [6.07, 6.45) is 2.41. The van der Waals surface area contributed by atoms with Crippen molar-refractivity contribution >= 4 is 41.9 Å². The fourth-order valence-corrected chi connectivity index (χ4v) is 10.8. The maximum absolute atomic E-state index is 5.16. The summed E-state index contributed by atoms with van der Waals surface area (Å²) in [6.45, 7) is 14.2. The zero-order valence-corrected chi connectivity index (χ0v) is 22.0. The fourth-order valence-electron chi connectivity index (χ4n) is 6.62. The van der Waals surface area contributed by atoms with Crippen molar-refractivity contribution < 1.29 is 0 Å². The summed E-state index contributed by atoms with van der Waals surface area (Å²) >= 11 is 0. The van der Waals surface area contributed by atoms with Crippen molar-refractivity contribution in [3.05, 3.63) is 111 Å². The SMILES string of the molecule is CC1=Cc2ccccc2C1[Si](C)(C)c1cc2c(cc1C)N=C1C(C)=C(C)C(c3ccccc3)=C12. The van der Waals surface area contributed by atoms with Crippen molar-refractivity contribution in [3.63, 3.8) is 0 Å². The summed E-state index contributed by atoms with van der Waals surface area (Å²) in [6, 6.07) is 24.7. The summed E-state index contributed by atoms with van der Waals surface area (Å²) in [5.41, 5.74) is 16.6. The lowest BCUT2D eigenvalue weighted by molar-refractivity contribution is 1.08. The van der Waals surface area contributed by atoms with E-state index in [2.05, 4.69) is 114 Å². The first-order chi connectivity index (χ1) is 16.3. The third kappa shape index (κ3) is 2.88. The molecule has 1 atom stereocenters. The lowest BCUT2D eigenvalue weighted by Crippen LogP contribution is -2.49. The molecule has 1 aliphatic heterocycles. The third-order valence-electron chi connectivity index (χ3n) is 8.25. The van der Waals surface area contributed by atoms with Crippen LogP contribution in [0.5, 0.6) is 0 Å². The summed E-state index contributed by atoms with van der Waals surface area (Å²) in [7, 11) is -1.88. The zero-order valence-electron chi connectivity index (χ0n) is 21.0. The first kappa shape index (κ1) is 21.3. The number of benzene rings is 3. The summed E-state index contributed by atoms with van der Waals surface area (Å²) in [5, 5.41) is 1.55. The second-order valence-corrected chi connectivity index (χ2v) is 15.2. The van der Waals surface area contributed by atoms with Gasteiger partial charge in [0.1, 0.15) is 0 Å². The zero-order chi connectivity index (χ0) is 23.8. The van der Waals surface area contributed by atoms with Crippen LogP contribution in [0.4, 0.5) is 5.69 Å². The van der Waals surface area contributed by atoms with Gasteiger partial charge in [-0.15, -0.1) is 0 Å². The maximum Gasteiger partial charge on any atom is 0.0926 e. The molecule has 0 N–H and O–H groups in total. The quantitative estimate of drug-likeness (QED) is 0.353. The van der Waals surface area contributed by atoms with E-state index in [1.807, 2.05) is 0 Å². The van der Waals surface area contributed by atoms with Crippen LogP contribution in [-0.4, -0.2) is 13.8 Å². The highest BCUT2D eigenvalue weighted by atomic mass is 28.3. The summed E-state index contributed by atoms with van der Waals surface area (Å²) < 4.78 is 0. The molecule has 3 aliphatic rings. The minimum absolute atomic E-state index is 0.509. The average Bonchev–Trinajstić information content (AvgIpc) is 3.42. The van der Waals surface area contributed by atoms with Crippen LogP contribution in [-0.2, 0) is 0 Å². The molecule has 0 spiro atoms. The monoisotopic (exact) mass is 457 g/mol. The fraction of sp³-hybridized carbons (Fsp3) is 0.219. The molecule has 6 rings (SSSR count). The predicted molar refractivity (Wildman–Crippen MR) is 150 cm³/mol. The second kappa shape index (κ2) is 7.38. The molecular formula is C32H31NSi. The van der Waals surface area contributed by atoms with Gasteiger partial charge >= 0.3 is 0 Å². The normalized spacial score (nSPS) is 18.7. The number of hydrogen-bond acceptors (Lipinski definition) is 1. The molecule has 0 amide bonds. The second-order valence-electron chi connectivity index (χ2n) is 10.7. The van der Waals surface area contributed by atoms with Gasteiger partial charge in [-0.2, -0.15) is 0 Å². The Kier molecular flexibility index (Phi) is 4.63. The van der Waals surface area contributed by atoms with Gasteiger partial charge in [0.15, 0.2) is 0 Å². The lowest BCUT2D eigenvalue weighted by atomic mass is 9.93. The van der Waals surface area contributed by atoms with Gasteiger partial charge < -0.3 is 0 Å². The van der Waals surface area contributed by atoms with Crippen LogP contribution in [0.25, 0.3) is 17.2 Å². The number of allylic oxidation sites excluding steroid dienone is 5. The van der Waals surface area contributed by atoms with E-state index in [0.717, 1.165) is 5.69 Å². The van der Waals surface area contributed by atoms with E-state index in [9.17, 15) is 0 Å². The van der Waals surface area contributed by atoms with Gasteiger partial charge in [-0.25, -0.2) is 4.99 Å². The molecule has 1 heterocycles. The molecule has 2 aliphatic carbocycles. The van der Waals surface area contributed by atoms with Crippen molar-refractivity contribution in [1.29, 1.82) is 0 Å². The smallest absolute Gasteiger partial charge is 0.0926 e. The number of aliphatic imine (C=N–C) groups is 1. The minimum atomic E-state index is -1.88. The van der Waals surface area contributed by atoms with Crippen LogP contribution in [0.15, 0.2) is 88.4 Å². The number of nitrogens with zero attached hydrogens (tertiary/aromatic N) is 1. The number of hydrogen-bond donors (Lipinski definition) is 0. The summed E-state index contributed by atoms with van der Waals surface area (Å²) in [4.78, 5) is 5.16. The first-order valence-corrected chi connectivity index (χ1v) is 15.4. The van der Waals surface area contributed by atoms with E-state index in [0.29, 0.717) is 5.54 Å². The van der Waals surface area contributed by atoms with Gasteiger partial charge in [-0.3, -0.25) is 0 Å². The van der Waals surface area contributed by atoms with Crippen LogP contribution < -0.4 is 5.19 Å². The van der Waals surface area contributed by atoms with Crippen molar-refractivity contribution in [2.75, 3.05) is 0 Å². The molecule has 0 bridgehead atoms. The first-order valence-electron chi connectivity index (χ1n) is 12.3. The molecule has 2 heteroatoms. The predicted octanol–water partition coefficient (Wildman–Crippen LogP) is 8.00. The van der Waals surface area contributed by atoms with Gasteiger partial charge in [0.05, 0.1) is 19.5 Å². The Labute approximate surface area is 204 Å². The van der Waals surface area contributed by atoms with Crippen molar-refractivity contribution in [2.24, 2.45) is 4.99 Å². The van der Waals surface area contributed by atoms with Gasteiger partial charge in [0, 0.05) is 16.7 Å². The topological polar surface area (TPSA) is 12.4 Å². The van der Waals surface area contributed by atoms with E-state index < -0.39 is 8.07 Å². The Bertz CT molecular complexity index is 1500. The van der Waals surface area contributed by atoms with Crippen LogP contribution in [0.1, 0.15) is 54.1 Å². The molecule has 34 heavy (non-hydrogen) atoms. The van der Waals surface area contributed by atoms with Gasteiger partial charge in [0.25, 0.3) is 0 Å². The Morgan fingerprint density at radius 2 is 1.47 bits per heavy atom. The molecule has 1 nitrogen and oxygen atoms in total. The Morgan fingerprint density at radius 1 is 0.765 bits per heavy atom. The number of aryl methyl sites for hydroxylation is 1. The average molecular weight is 458 g/mol. The molecule has 0 aromatic heterocycles. The third-order valence-corrected chi connectivity index (χ3v) is 12.4. The van der Waals surface area contributed by atoms with E-state index in [-0.39, 0.29) is 0 Å². The molecule has 3 aromatic carbocycles. The molecule has 3 aromatic rings. The molecule has 0 saturated carbocycles. The molecule has 0 fully saturated rings. The maximum atomic E-state index is 5.16. The highest BCUT2D eigenvalue weighted by molar-refractivity contribution is 6.92. The van der Waals surface area contributed by atoms with Gasteiger partial charge in [-0.1, -0.05) is 90.6 Å². The Balaban J connectivity index is 1.54. The molecule has 0 saturated heterocycles. The van der Waals surface area contributed by atoms with Crippen LogP contribution >= 0.6 is 0 Å². The van der Waals surface area contributed by atoms with Crippen molar-refractivity contribution in [2.45, 2.75) is 46.3 Å². The largest absolute Gasteiger partial charge is 0.247 e. The molecule has 0 radical (unpaired) electrons. The standard InChI is InChI=1S/C32H31NSi/c1-19-17-27-26(30-29(23-12-8-7-9-13-23)21(3)22(4)31(30)33-27)18-28(19)34(5,6)32-20(2)16-24-14-10-11-15-25(24)32/h7-18,32H,1-6H3. The minimum Gasteiger partial charge on any atom is -0.247 e. The number of rotatable bonds is 3. The highest BCUT2D eigenvalue weighted by Gasteiger charge is 2.41. The lowest BCUT2D eigenvalue weighted by Gasteiger charge is -2.34. The van der Waals surface area contributed by atoms with Crippen LogP contribution in [0.2, 0.25) is 13.1 Å². The summed E-state index contributed by atoms with van der Waals surface area (Å²) in [5.74, 6) is 0. The van der Waals surface area contributed by atoms with E-state index in [1.54, 1.807) is 5.19 Å². The van der Waals surface area contributed by atoms with E-state index >= 15 is 0 Å². The van der Waals surface area contributed by atoms with Gasteiger partial charge in [-0.05, 0) is 72.7 Å².